The van der Waals surface area contributed by atoms with Crippen LogP contribution >= 0.6 is 23.2 Å². The van der Waals surface area contributed by atoms with Gasteiger partial charge in [-0.25, -0.2) is 0 Å². The van der Waals surface area contributed by atoms with E-state index in [1.165, 1.54) is 6.08 Å². The third kappa shape index (κ3) is 7.02. The van der Waals surface area contributed by atoms with Crippen molar-refractivity contribution in [1.29, 1.82) is 0 Å². The fourth-order valence-corrected chi connectivity index (χ4v) is 3.40. The number of rotatable bonds is 8. The molecule has 0 aliphatic carbocycles. The minimum absolute atomic E-state index is 0.0418. The second-order valence-corrected chi connectivity index (χ2v) is 7.79. The molecule has 5 nitrogen and oxygen atoms in total. The minimum atomic E-state index is -0.321. The van der Waals surface area contributed by atoms with Gasteiger partial charge in [0.25, 0.3) is 0 Å². The number of hydrogen-bond donors (Lipinski definition) is 2. The first-order valence-electron chi connectivity index (χ1n) is 9.88. The van der Waals surface area contributed by atoms with Gasteiger partial charge in [0.05, 0.1) is 0 Å². The Labute approximate surface area is 191 Å². The number of carbonyl (C=O) groups is 2. The number of nitrogens with one attached hydrogen (secondary N) is 2. The zero-order valence-corrected chi connectivity index (χ0v) is 18.5. The van der Waals surface area contributed by atoms with Crippen LogP contribution in [-0.4, -0.2) is 11.8 Å². The summed E-state index contributed by atoms with van der Waals surface area (Å²) in [6, 6.07) is 15.7. The molecule has 0 fully saturated rings. The summed E-state index contributed by atoms with van der Waals surface area (Å²) in [5, 5.41) is 6.63. The fourth-order valence-electron chi connectivity index (χ4n) is 2.87. The normalized spacial score (nSPS) is 10.9. The highest BCUT2D eigenvalue weighted by atomic mass is 35.5. The van der Waals surface area contributed by atoms with Crippen molar-refractivity contribution in [3.63, 3.8) is 0 Å². The molecule has 31 heavy (non-hydrogen) atoms. The first kappa shape index (κ1) is 22.7. The van der Waals surface area contributed by atoms with Gasteiger partial charge in [-0.2, -0.15) is 0 Å². The van der Waals surface area contributed by atoms with E-state index < -0.39 is 0 Å². The number of carbonyl (C=O) groups excluding carboxylic acids is 2. The molecule has 7 heteroatoms. The maximum Gasteiger partial charge on any atom is 0.248 e. The van der Waals surface area contributed by atoms with Gasteiger partial charge in [0.2, 0.25) is 11.8 Å². The van der Waals surface area contributed by atoms with E-state index in [9.17, 15) is 9.59 Å². The smallest absolute Gasteiger partial charge is 0.248 e. The molecule has 0 spiro atoms. The van der Waals surface area contributed by atoms with Crippen LogP contribution in [0.15, 0.2) is 65.1 Å². The Kier molecular flexibility index (Phi) is 7.93. The zero-order valence-electron chi connectivity index (χ0n) is 17.0. The number of furan rings is 1. The molecule has 160 valence electrons. The average molecular weight is 457 g/mol. The molecule has 0 unspecified atom stereocenters. The van der Waals surface area contributed by atoms with E-state index in [2.05, 4.69) is 10.6 Å². The van der Waals surface area contributed by atoms with Crippen LogP contribution in [0, 0.1) is 0 Å². The van der Waals surface area contributed by atoms with Gasteiger partial charge in [-0.15, -0.1) is 0 Å². The van der Waals surface area contributed by atoms with Crippen molar-refractivity contribution in [1.82, 2.24) is 0 Å². The van der Waals surface area contributed by atoms with Crippen LogP contribution in [0.3, 0.4) is 0 Å². The minimum Gasteiger partial charge on any atom is -0.457 e. The lowest BCUT2D eigenvalue weighted by molar-refractivity contribution is -0.116. The molecule has 1 heterocycles. The van der Waals surface area contributed by atoms with Crippen molar-refractivity contribution in [3.8, 4) is 11.3 Å². The summed E-state index contributed by atoms with van der Waals surface area (Å²) in [7, 11) is 0. The molecule has 0 saturated carbocycles. The molecular formula is C24H22Cl2N2O3. The molecule has 1 aromatic heterocycles. The fraction of sp³-hybridized carbons (Fsp3) is 0.167. The van der Waals surface area contributed by atoms with Gasteiger partial charge >= 0.3 is 0 Å². The first-order valence-corrected chi connectivity index (χ1v) is 10.6. The summed E-state index contributed by atoms with van der Waals surface area (Å²) in [5.41, 5.74) is 1.97. The second kappa shape index (κ2) is 10.8. The molecule has 0 aliphatic heterocycles. The van der Waals surface area contributed by atoms with Crippen molar-refractivity contribution in [2.24, 2.45) is 0 Å². The van der Waals surface area contributed by atoms with E-state index in [0.717, 1.165) is 18.4 Å². The lowest BCUT2D eigenvalue weighted by Crippen LogP contribution is -2.12. The van der Waals surface area contributed by atoms with Gasteiger partial charge in [-0.1, -0.05) is 42.6 Å². The number of amides is 2. The highest BCUT2D eigenvalue weighted by Gasteiger charge is 2.07. The van der Waals surface area contributed by atoms with E-state index in [0.29, 0.717) is 39.4 Å². The Hall–Kier alpha value is -3.02. The van der Waals surface area contributed by atoms with Gasteiger partial charge in [0.15, 0.2) is 0 Å². The zero-order chi connectivity index (χ0) is 22.2. The maximum absolute atomic E-state index is 12.3. The summed E-state index contributed by atoms with van der Waals surface area (Å²) in [4.78, 5) is 24.1. The Morgan fingerprint density at radius 2 is 1.68 bits per heavy atom. The van der Waals surface area contributed by atoms with Gasteiger partial charge in [0, 0.05) is 39.5 Å². The highest BCUT2D eigenvalue weighted by molar-refractivity contribution is 6.35. The Balaban J connectivity index is 1.60. The van der Waals surface area contributed by atoms with Crippen molar-refractivity contribution in [2.45, 2.75) is 26.2 Å². The van der Waals surface area contributed by atoms with Gasteiger partial charge < -0.3 is 15.1 Å². The van der Waals surface area contributed by atoms with Crippen molar-refractivity contribution in [2.75, 3.05) is 10.6 Å². The van der Waals surface area contributed by atoms with Crippen LogP contribution < -0.4 is 10.6 Å². The van der Waals surface area contributed by atoms with Gasteiger partial charge in [-0.3, -0.25) is 9.59 Å². The summed E-state index contributed by atoms with van der Waals surface area (Å²) >= 11 is 12.1. The highest BCUT2D eigenvalue weighted by Crippen LogP contribution is 2.29. The van der Waals surface area contributed by atoms with Gasteiger partial charge in [-0.05, 0) is 61.0 Å². The molecule has 0 bridgehead atoms. The number of hydrogen-bond acceptors (Lipinski definition) is 3. The molecule has 0 saturated heterocycles. The summed E-state index contributed by atoms with van der Waals surface area (Å²) in [6.45, 7) is 2.04. The lowest BCUT2D eigenvalue weighted by atomic mass is 10.2. The molecule has 2 amide bonds. The van der Waals surface area contributed by atoms with E-state index in [1.807, 2.05) is 6.92 Å². The molecule has 2 aromatic carbocycles. The van der Waals surface area contributed by atoms with E-state index in [1.54, 1.807) is 60.7 Å². The summed E-state index contributed by atoms with van der Waals surface area (Å²) in [5.74, 6) is 0.743. The average Bonchev–Trinajstić information content (AvgIpc) is 3.19. The predicted octanol–water partition coefficient (Wildman–Crippen LogP) is 7.03. The van der Waals surface area contributed by atoms with Crippen LogP contribution in [0.5, 0.6) is 0 Å². The van der Waals surface area contributed by atoms with Crippen LogP contribution in [0.4, 0.5) is 11.4 Å². The molecule has 0 atom stereocenters. The van der Waals surface area contributed by atoms with E-state index in [-0.39, 0.29) is 11.8 Å². The van der Waals surface area contributed by atoms with Gasteiger partial charge in [0.1, 0.15) is 11.5 Å². The second-order valence-electron chi connectivity index (χ2n) is 6.92. The standard InChI is InChI=1S/C24H22Cl2N2O3/c1-2-3-7-23(29)27-19-5-4-6-20(15-19)28-24(30)11-9-21-8-10-22(31-21)16-12-17(25)14-18(26)13-16/h4-6,8-15H,2-3,7H2,1H3,(H,27,29)(H,28,30)/b11-9+. The van der Waals surface area contributed by atoms with E-state index >= 15 is 0 Å². The van der Waals surface area contributed by atoms with Crippen LogP contribution in [0.2, 0.25) is 10.0 Å². The monoisotopic (exact) mass is 456 g/mol. The third-order valence-electron chi connectivity index (χ3n) is 4.34. The summed E-state index contributed by atoms with van der Waals surface area (Å²) < 4.78 is 5.74. The number of anilines is 2. The largest absolute Gasteiger partial charge is 0.457 e. The molecular weight excluding hydrogens is 435 g/mol. The van der Waals surface area contributed by atoms with Crippen LogP contribution in [0.25, 0.3) is 17.4 Å². The number of halogens is 2. The molecule has 3 rings (SSSR count). The van der Waals surface area contributed by atoms with Crippen molar-refractivity contribution in [3.05, 3.63) is 76.5 Å². The van der Waals surface area contributed by atoms with Crippen LogP contribution in [-0.2, 0) is 9.59 Å². The van der Waals surface area contributed by atoms with E-state index in [4.69, 9.17) is 27.6 Å². The number of unbranched alkanes of at least 4 members (excludes halogenated alkanes) is 1. The Morgan fingerprint density at radius 3 is 2.39 bits per heavy atom. The molecule has 2 N–H and O–H groups in total. The molecule has 0 aliphatic rings. The SMILES string of the molecule is CCCCC(=O)Nc1cccc(NC(=O)/C=C/c2ccc(-c3cc(Cl)cc(Cl)c3)o2)c1. The molecule has 3 aromatic rings. The van der Waals surface area contributed by atoms with Crippen molar-refractivity contribution < 1.29 is 14.0 Å². The lowest BCUT2D eigenvalue weighted by Gasteiger charge is -2.07. The predicted molar refractivity (Wildman–Crippen MR) is 126 cm³/mol. The Morgan fingerprint density at radius 1 is 0.968 bits per heavy atom. The Bertz CT molecular complexity index is 1090. The summed E-state index contributed by atoms with van der Waals surface area (Å²) in [6.07, 6.45) is 5.22. The topological polar surface area (TPSA) is 71.3 Å². The third-order valence-corrected chi connectivity index (χ3v) is 4.78. The quantitative estimate of drug-likeness (QED) is 0.357. The first-order chi connectivity index (χ1) is 14.9. The van der Waals surface area contributed by atoms with Crippen LogP contribution in [0.1, 0.15) is 31.9 Å². The van der Waals surface area contributed by atoms with Crippen molar-refractivity contribution >= 4 is 52.5 Å². The maximum atomic E-state index is 12.3. The molecule has 0 radical (unpaired) electrons. The number of benzene rings is 2.